The lowest BCUT2D eigenvalue weighted by atomic mass is 10.0. The van der Waals surface area contributed by atoms with Gasteiger partial charge in [-0.15, -0.1) is 0 Å². The number of hydrogen-bond donors (Lipinski definition) is 3. The van der Waals surface area contributed by atoms with E-state index in [9.17, 15) is 14.7 Å². The molecule has 0 saturated heterocycles. The molecule has 0 bridgehead atoms. The maximum Gasteiger partial charge on any atom is 0.352 e. The molecular formula is C21H17BrN4O4. The number of aromatic nitrogens is 2. The Kier molecular flexibility index (Phi) is 5.28. The van der Waals surface area contributed by atoms with Gasteiger partial charge in [-0.25, -0.2) is 9.48 Å². The molecule has 8 nitrogen and oxygen atoms in total. The Morgan fingerprint density at radius 1 is 1.20 bits per heavy atom. The average molecular weight is 469 g/mol. The van der Waals surface area contributed by atoms with Gasteiger partial charge in [-0.1, -0.05) is 34.1 Å². The fraction of sp³-hybridized carbons (Fsp3) is 0.0952. The number of aliphatic carboxylic acids is 1. The number of ether oxygens (including phenoxy) is 1. The molecule has 0 saturated carbocycles. The molecule has 2 heterocycles. The monoisotopic (exact) mass is 468 g/mol. The molecule has 1 aliphatic rings. The number of carboxylic acids is 1. The highest BCUT2D eigenvalue weighted by Gasteiger charge is 2.30. The summed E-state index contributed by atoms with van der Waals surface area (Å²) in [4.78, 5) is 24.6. The van der Waals surface area contributed by atoms with Gasteiger partial charge < -0.3 is 20.5 Å². The second-order valence-corrected chi connectivity index (χ2v) is 7.37. The molecule has 152 valence electrons. The van der Waals surface area contributed by atoms with E-state index in [1.165, 1.54) is 6.20 Å². The molecule has 0 aliphatic carbocycles. The Hall–Kier alpha value is -3.59. The van der Waals surface area contributed by atoms with Crippen LogP contribution in [-0.2, 0) is 4.79 Å². The van der Waals surface area contributed by atoms with E-state index in [0.29, 0.717) is 17.3 Å². The van der Waals surface area contributed by atoms with Crippen molar-refractivity contribution in [1.29, 1.82) is 0 Å². The topological polar surface area (TPSA) is 105 Å². The number of anilines is 2. The lowest BCUT2D eigenvalue weighted by molar-refractivity contribution is -0.132. The fourth-order valence-electron chi connectivity index (χ4n) is 3.20. The van der Waals surface area contributed by atoms with Gasteiger partial charge in [0.15, 0.2) is 0 Å². The van der Waals surface area contributed by atoms with E-state index in [-0.39, 0.29) is 11.3 Å². The van der Waals surface area contributed by atoms with Gasteiger partial charge in [-0.3, -0.25) is 4.79 Å². The van der Waals surface area contributed by atoms with Crippen LogP contribution in [-0.4, -0.2) is 33.9 Å². The van der Waals surface area contributed by atoms with Crippen LogP contribution in [0.4, 0.5) is 11.5 Å². The molecule has 1 atom stereocenters. The molecule has 4 rings (SSSR count). The summed E-state index contributed by atoms with van der Waals surface area (Å²) in [5.74, 6) is -0.556. The molecule has 30 heavy (non-hydrogen) atoms. The molecule has 2 aromatic carbocycles. The molecule has 3 aromatic rings. The summed E-state index contributed by atoms with van der Waals surface area (Å²) in [6.07, 6.45) is 2.98. The first-order chi connectivity index (χ1) is 14.5. The third-order valence-electron chi connectivity index (χ3n) is 4.68. The van der Waals surface area contributed by atoms with Crippen LogP contribution in [0.5, 0.6) is 5.75 Å². The third-order valence-corrected chi connectivity index (χ3v) is 5.41. The minimum absolute atomic E-state index is 0.0257. The van der Waals surface area contributed by atoms with Crippen molar-refractivity contribution in [3.05, 3.63) is 82.1 Å². The average Bonchev–Trinajstić information content (AvgIpc) is 3.18. The summed E-state index contributed by atoms with van der Waals surface area (Å²) in [6, 6.07) is 13.9. The summed E-state index contributed by atoms with van der Waals surface area (Å²) in [5, 5.41) is 19.5. The fourth-order valence-corrected chi connectivity index (χ4v) is 3.71. The molecule has 0 fully saturated rings. The van der Waals surface area contributed by atoms with E-state index in [1.807, 2.05) is 24.3 Å². The zero-order valence-corrected chi connectivity index (χ0v) is 17.4. The molecule has 1 amide bonds. The zero-order chi connectivity index (χ0) is 21.3. The van der Waals surface area contributed by atoms with Crippen LogP contribution in [0.3, 0.4) is 0 Å². The van der Waals surface area contributed by atoms with Crippen LogP contribution in [0.1, 0.15) is 22.0 Å². The van der Waals surface area contributed by atoms with Gasteiger partial charge >= 0.3 is 5.97 Å². The molecular weight excluding hydrogens is 452 g/mol. The van der Waals surface area contributed by atoms with E-state index in [1.54, 1.807) is 42.1 Å². The number of nitrogens with zero attached hydrogens (tertiary/aromatic N) is 2. The summed E-state index contributed by atoms with van der Waals surface area (Å²) >= 11 is 3.50. The van der Waals surface area contributed by atoms with E-state index in [2.05, 4.69) is 31.7 Å². The number of fused-ring (bicyclic) bond motifs is 1. The Bertz CT molecular complexity index is 1150. The Morgan fingerprint density at radius 2 is 1.93 bits per heavy atom. The summed E-state index contributed by atoms with van der Waals surface area (Å²) in [7, 11) is 1.56. The second-order valence-electron chi connectivity index (χ2n) is 6.51. The highest BCUT2D eigenvalue weighted by Crippen LogP contribution is 2.35. The first-order valence-corrected chi connectivity index (χ1v) is 9.76. The first kappa shape index (κ1) is 19.7. The van der Waals surface area contributed by atoms with Gasteiger partial charge in [0.25, 0.3) is 5.91 Å². The predicted octanol–water partition coefficient (Wildman–Crippen LogP) is 3.89. The second kappa shape index (κ2) is 8.03. The van der Waals surface area contributed by atoms with Crippen molar-refractivity contribution in [1.82, 2.24) is 9.78 Å². The van der Waals surface area contributed by atoms with Gasteiger partial charge in [0, 0.05) is 10.2 Å². The third kappa shape index (κ3) is 3.67. The van der Waals surface area contributed by atoms with Crippen molar-refractivity contribution < 1.29 is 19.4 Å². The van der Waals surface area contributed by atoms with Crippen molar-refractivity contribution in [3.8, 4) is 5.75 Å². The number of carboxylic acid groups (broad SMARTS) is 1. The van der Waals surface area contributed by atoms with E-state index >= 15 is 0 Å². The number of allylic oxidation sites excluding steroid dienone is 1. The highest BCUT2D eigenvalue weighted by molar-refractivity contribution is 9.10. The summed E-state index contributed by atoms with van der Waals surface area (Å²) in [6.45, 7) is 0. The number of carbonyl (C=O) groups is 2. The summed E-state index contributed by atoms with van der Waals surface area (Å²) < 4.78 is 7.52. The van der Waals surface area contributed by atoms with Gasteiger partial charge in [0.1, 0.15) is 28.9 Å². The van der Waals surface area contributed by atoms with Crippen molar-refractivity contribution in [2.45, 2.75) is 6.04 Å². The molecule has 9 heteroatoms. The first-order valence-electron chi connectivity index (χ1n) is 8.97. The Morgan fingerprint density at radius 3 is 2.60 bits per heavy atom. The van der Waals surface area contributed by atoms with Crippen molar-refractivity contribution in [2.24, 2.45) is 0 Å². The zero-order valence-electron chi connectivity index (χ0n) is 15.8. The normalized spacial score (nSPS) is 14.9. The largest absolute Gasteiger partial charge is 0.497 e. The molecule has 1 unspecified atom stereocenters. The van der Waals surface area contributed by atoms with Crippen molar-refractivity contribution in [2.75, 3.05) is 17.7 Å². The number of methoxy groups -OCH3 is 1. The maximum atomic E-state index is 12.9. The van der Waals surface area contributed by atoms with Crippen LogP contribution in [0, 0.1) is 0 Å². The number of hydrogen-bond acceptors (Lipinski definition) is 5. The molecule has 0 radical (unpaired) electrons. The van der Waals surface area contributed by atoms with Crippen molar-refractivity contribution in [3.63, 3.8) is 0 Å². The number of halogens is 1. The van der Waals surface area contributed by atoms with Crippen LogP contribution >= 0.6 is 15.9 Å². The predicted molar refractivity (Wildman–Crippen MR) is 115 cm³/mol. The highest BCUT2D eigenvalue weighted by atomic mass is 79.9. The number of benzene rings is 2. The number of carbonyl (C=O) groups excluding carboxylic acids is 1. The lowest BCUT2D eigenvalue weighted by Gasteiger charge is -2.25. The van der Waals surface area contributed by atoms with Gasteiger partial charge in [-0.2, -0.15) is 5.10 Å². The summed E-state index contributed by atoms with van der Waals surface area (Å²) in [5.41, 5.74) is 1.61. The van der Waals surface area contributed by atoms with E-state index < -0.39 is 17.9 Å². The SMILES string of the molecule is COc1ccc(NC(=O)c2cnn3c2NC(C(=O)O)=CC3c2ccccc2Br)cc1. The van der Waals surface area contributed by atoms with Crippen LogP contribution < -0.4 is 15.4 Å². The van der Waals surface area contributed by atoms with E-state index in [4.69, 9.17) is 4.74 Å². The molecule has 3 N–H and O–H groups in total. The maximum absolute atomic E-state index is 12.9. The van der Waals surface area contributed by atoms with Gasteiger partial charge in [-0.05, 0) is 42.0 Å². The van der Waals surface area contributed by atoms with Gasteiger partial charge in [0.2, 0.25) is 0 Å². The molecule has 1 aliphatic heterocycles. The lowest BCUT2D eigenvalue weighted by Crippen LogP contribution is -2.25. The molecule has 1 aromatic heterocycles. The smallest absolute Gasteiger partial charge is 0.352 e. The molecule has 0 spiro atoms. The standard InChI is InChI=1S/C21H17BrN4O4/c1-30-13-8-6-12(7-9-13)24-20(27)15-11-23-26-18(14-4-2-3-5-16(14)22)10-17(21(28)29)25-19(15)26/h2-11,18,25H,1H3,(H,24,27)(H,28,29). The van der Waals surface area contributed by atoms with Crippen LogP contribution in [0.15, 0.2) is 71.0 Å². The minimum atomic E-state index is -1.12. The number of amides is 1. The van der Waals surface area contributed by atoms with Gasteiger partial charge in [0.05, 0.1) is 13.3 Å². The van der Waals surface area contributed by atoms with E-state index in [0.717, 1.165) is 10.0 Å². The quantitative estimate of drug-likeness (QED) is 0.524. The number of rotatable bonds is 5. The van der Waals surface area contributed by atoms with Crippen LogP contribution in [0.25, 0.3) is 0 Å². The number of nitrogens with one attached hydrogen (secondary N) is 2. The minimum Gasteiger partial charge on any atom is -0.497 e. The van der Waals surface area contributed by atoms with Crippen LogP contribution in [0.2, 0.25) is 0 Å². The Labute approximate surface area is 180 Å². The Balaban J connectivity index is 1.70. The van der Waals surface area contributed by atoms with Crippen molar-refractivity contribution >= 4 is 39.3 Å².